The van der Waals surface area contributed by atoms with Gasteiger partial charge in [0.05, 0.1) is 11.8 Å². The van der Waals surface area contributed by atoms with Gasteiger partial charge in [0, 0.05) is 11.6 Å². The molecule has 2 N–H and O–H groups in total. The number of furan rings is 1. The first-order valence-corrected chi connectivity index (χ1v) is 5.11. The van der Waals surface area contributed by atoms with Gasteiger partial charge < -0.3 is 10.2 Å². The zero-order chi connectivity index (χ0) is 11.5. The fourth-order valence-electron chi connectivity index (χ4n) is 1.65. The van der Waals surface area contributed by atoms with Crippen molar-refractivity contribution in [1.82, 2.24) is 0 Å². The van der Waals surface area contributed by atoms with Crippen LogP contribution in [0.3, 0.4) is 0 Å². The van der Waals surface area contributed by atoms with Crippen molar-refractivity contribution in [2.24, 2.45) is 5.73 Å². The Hall–Kier alpha value is -1.58. The van der Waals surface area contributed by atoms with Gasteiger partial charge in [-0.15, -0.1) is 12.4 Å². The van der Waals surface area contributed by atoms with Gasteiger partial charge >= 0.3 is 0 Å². The lowest BCUT2D eigenvalue weighted by atomic mass is 9.96. The molecule has 0 saturated carbocycles. The van der Waals surface area contributed by atoms with Crippen molar-refractivity contribution in [2.75, 3.05) is 0 Å². The monoisotopic (exact) mass is 251 g/mol. The number of halogens is 1. The summed E-state index contributed by atoms with van der Waals surface area (Å²) in [7, 11) is 0. The summed E-state index contributed by atoms with van der Waals surface area (Å²) in [6, 6.07) is 8.86. The molecule has 1 aromatic carbocycles. The number of nitrogens with two attached hydrogens (primary N) is 1. The Kier molecular flexibility index (Phi) is 4.49. The van der Waals surface area contributed by atoms with Gasteiger partial charge in [0.15, 0.2) is 5.78 Å². The highest BCUT2D eigenvalue weighted by molar-refractivity contribution is 6.09. The quantitative estimate of drug-likeness (QED) is 0.854. The average molecular weight is 252 g/mol. The highest BCUT2D eigenvalue weighted by Gasteiger charge is 2.15. The lowest BCUT2D eigenvalue weighted by molar-refractivity contribution is 0.103. The van der Waals surface area contributed by atoms with Gasteiger partial charge in [0.1, 0.15) is 6.26 Å². The largest absolute Gasteiger partial charge is 0.472 e. The van der Waals surface area contributed by atoms with Crippen LogP contribution in [0, 0.1) is 0 Å². The van der Waals surface area contributed by atoms with Crippen molar-refractivity contribution >= 4 is 18.2 Å². The molecular formula is C13H14ClNO2. The second-order valence-electron chi connectivity index (χ2n) is 3.72. The Morgan fingerprint density at radius 3 is 2.59 bits per heavy atom. The summed E-state index contributed by atoms with van der Waals surface area (Å²) in [5.41, 5.74) is 7.87. The number of carbonyl (C=O) groups is 1. The molecule has 2 aromatic rings. The van der Waals surface area contributed by atoms with Crippen LogP contribution in [0.1, 0.15) is 34.5 Å². The van der Waals surface area contributed by atoms with Crippen molar-refractivity contribution < 1.29 is 9.21 Å². The van der Waals surface area contributed by atoms with E-state index in [1.165, 1.54) is 12.5 Å². The fourth-order valence-corrected chi connectivity index (χ4v) is 1.65. The highest BCUT2D eigenvalue weighted by Crippen LogP contribution is 2.19. The maximum atomic E-state index is 12.1. The molecule has 0 radical (unpaired) electrons. The van der Waals surface area contributed by atoms with E-state index in [9.17, 15) is 4.79 Å². The molecule has 0 aliphatic carbocycles. The third kappa shape index (κ3) is 2.75. The van der Waals surface area contributed by atoms with Crippen LogP contribution in [0.4, 0.5) is 0 Å². The van der Waals surface area contributed by atoms with Crippen LogP contribution in [0.25, 0.3) is 0 Å². The molecule has 1 atom stereocenters. The van der Waals surface area contributed by atoms with Crippen molar-refractivity contribution in [1.29, 1.82) is 0 Å². The second-order valence-corrected chi connectivity index (χ2v) is 3.72. The molecule has 3 nitrogen and oxygen atoms in total. The van der Waals surface area contributed by atoms with Crippen LogP contribution in [-0.4, -0.2) is 5.78 Å². The van der Waals surface area contributed by atoms with Crippen LogP contribution in [0.2, 0.25) is 0 Å². The number of carbonyl (C=O) groups excluding carboxylic acids is 1. The number of hydrogen-bond donors (Lipinski definition) is 1. The predicted octanol–water partition coefficient (Wildman–Crippen LogP) is 2.95. The molecule has 0 fully saturated rings. The van der Waals surface area contributed by atoms with E-state index in [1.54, 1.807) is 12.1 Å². The summed E-state index contributed by atoms with van der Waals surface area (Å²) in [4.78, 5) is 12.1. The second kappa shape index (κ2) is 5.66. The minimum Gasteiger partial charge on any atom is -0.472 e. The zero-order valence-corrected chi connectivity index (χ0v) is 10.2. The number of rotatable bonds is 3. The molecule has 0 amide bonds. The van der Waals surface area contributed by atoms with E-state index < -0.39 is 0 Å². The van der Waals surface area contributed by atoms with Crippen molar-refractivity contribution in [3.05, 3.63) is 59.5 Å². The Labute approximate surface area is 106 Å². The molecule has 1 aromatic heterocycles. The minimum atomic E-state index is -0.160. The first-order valence-electron chi connectivity index (χ1n) is 5.11. The van der Waals surface area contributed by atoms with Gasteiger partial charge in [-0.25, -0.2) is 0 Å². The lowest BCUT2D eigenvalue weighted by Gasteiger charge is -2.10. The number of benzene rings is 1. The molecule has 0 aliphatic rings. The zero-order valence-electron chi connectivity index (χ0n) is 9.42. The van der Waals surface area contributed by atoms with Crippen LogP contribution in [-0.2, 0) is 0 Å². The van der Waals surface area contributed by atoms with Gasteiger partial charge in [-0.05, 0) is 18.6 Å². The standard InChI is InChI=1S/C13H13NO2.ClH/c1-9(14)11-4-2-3-5-12(11)13(15)10-6-7-16-8-10;/h2-9H,14H2,1H3;1H. The molecule has 17 heavy (non-hydrogen) atoms. The summed E-state index contributed by atoms with van der Waals surface area (Å²) in [5, 5.41) is 0. The van der Waals surface area contributed by atoms with Crippen molar-refractivity contribution in [3.63, 3.8) is 0 Å². The van der Waals surface area contributed by atoms with E-state index in [1.807, 2.05) is 25.1 Å². The van der Waals surface area contributed by atoms with Gasteiger partial charge in [0.2, 0.25) is 0 Å². The third-order valence-electron chi connectivity index (χ3n) is 2.48. The van der Waals surface area contributed by atoms with Crippen molar-refractivity contribution in [2.45, 2.75) is 13.0 Å². The maximum Gasteiger partial charge on any atom is 0.196 e. The molecule has 0 spiro atoms. The molecule has 0 bridgehead atoms. The number of hydrogen-bond acceptors (Lipinski definition) is 3. The maximum absolute atomic E-state index is 12.1. The van der Waals surface area contributed by atoms with Gasteiger partial charge in [-0.1, -0.05) is 24.3 Å². The highest BCUT2D eigenvalue weighted by atomic mass is 35.5. The normalized spacial score (nSPS) is 11.6. The first-order chi connectivity index (χ1) is 7.70. The van der Waals surface area contributed by atoms with Crippen LogP contribution >= 0.6 is 12.4 Å². The van der Waals surface area contributed by atoms with Gasteiger partial charge in [0.25, 0.3) is 0 Å². The Morgan fingerprint density at radius 2 is 2.00 bits per heavy atom. The minimum absolute atomic E-state index is 0. The van der Waals surface area contributed by atoms with E-state index in [-0.39, 0.29) is 24.2 Å². The third-order valence-corrected chi connectivity index (χ3v) is 2.48. The number of ketones is 1. The van der Waals surface area contributed by atoms with Crippen LogP contribution in [0.5, 0.6) is 0 Å². The summed E-state index contributed by atoms with van der Waals surface area (Å²) in [5.74, 6) is -0.0540. The Bertz CT molecular complexity index is 492. The predicted molar refractivity (Wildman–Crippen MR) is 68.4 cm³/mol. The molecule has 4 heteroatoms. The molecule has 90 valence electrons. The van der Waals surface area contributed by atoms with E-state index in [4.69, 9.17) is 10.2 Å². The van der Waals surface area contributed by atoms with E-state index in [2.05, 4.69) is 0 Å². The summed E-state index contributed by atoms with van der Waals surface area (Å²) in [6.45, 7) is 1.86. The smallest absolute Gasteiger partial charge is 0.196 e. The van der Waals surface area contributed by atoms with Gasteiger partial charge in [-0.2, -0.15) is 0 Å². The van der Waals surface area contributed by atoms with E-state index in [0.29, 0.717) is 11.1 Å². The summed E-state index contributed by atoms with van der Waals surface area (Å²) < 4.78 is 4.91. The van der Waals surface area contributed by atoms with E-state index in [0.717, 1.165) is 5.56 Å². The van der Waals surface area contributed by atoms with Gasteiger partial charge in [-0.3, -0.25) is 4.79 Å². The Morgan fingerprint density at radius 1 is 1.29 bits per heavy atom. The molecule has 2 rings (SSSR count). The fraction of sp³-hybridized carbons (Fsp3) is 0.154. The average Bonchev–Trinajstić information content (AvgIpc) is 2.81. The Balaban J connectivity index is 0.00000144. The lowest BCUT2D eigenvalue weighted by Crippen LogP contribution is -2.12. The van der Waals surface area contributed by atoms with E-state index >= 15 is 0 Å². The topological polar surface area (TPSA) is 56.2 Å². The summed E-state index contributed by atoms with van der Waals surface area (Å²) in [6.07, 6.45) is 2.93. The van der Waals surface area contributed by atoms with Crippen LogP contribution in [0.15, 0.2) is 47.3 Å². The van der Waals surface area contributed by atoms with Crippen molar-refractivity contribution in [3.8, 4) is 0 Å². The molecule has 0 saturated heterocycles. The SMILES string of the molecule is CC(N)c1ccccc1C(=O)c1ccoc1.Cl. The molecule has 0 aliphatic heterocycles. The molecule has 1 unspecified atom stereocenters. The molecule has 1 heterocycles. The van der Waals surface area contributed by atoms with Crippen LogP contribution < -0.4 is 5.73 Å². The first kappa shape index (κ1) is 13.5. The molecular weight excluding hydrogens is 238 g/mol. The summed E-state index contributed by atoms with van der Waals surface area (Å²) >= 11 is 0.